The Labute approximate surface area is 184 Å². The Morgan fingerprint density at radius 3 is 2.87 bits per heavy atom. The van der Waals surface area contributed by atoms with E-state index in [-0.39, 0.29) is 18.0 Å². The molecule has 0 spiro atoms. The molecule has 1 aromatic carbocycles. The van der Waals surface area contributed by atoms with E-state index in [0.29, 0.717) is 12.3 Å². The van der Waals surface area contributed by atoms with Crippen molar-refractivity contribution in [2.45, 2.75) is 31.8 Å². The van der Waals surface area contributed by atoms with E-state index in [1.54, 1.807) is 17.4 Å². The molecular formula is C24H24N4O2S. The Bertz CT molecular complexity index is 1220. The number of fused-ring (bicyclic) bond motifs is 1. The van der Waals surface area contributed by atoms with Crippen LogP contribution in [0.3, 0.4) is 0 Å². The van der Waals surface area contributed by atoms with E-state index < -0.39 is 0 Å². The van der Waals surface area contributed by atoms with E-state index >= 15 is 0 Å². The number of nitrogens with one attached hydrogen (secondary N) is 1. The maximum absolute atomic E-state index is 13.2. The molecule has 1 unspecified atom stereocenters. The second-order valence-corrected chi connectivity index (χ2v) is 8.86. The van der Waals surface area contributed by atoms with Crippen LogP contribution in [0.15, 0.2) is 59.1 Å². The number of likely N-dealkylation sites (tertiary alicyclic amines) is 1. The van der Waals surface area contributed by atoms with Gasteiger partial charge in [-0.3, -0.25) is 9.78 Å². The maximum Gasteiger partial charge on any atom is 0.290 e. The number of pyridine rings is 1. The fraction of sp³-hybridized carbons (Fsp3) is 0.292. The molecule has 0 bridgehead atoms. The molecule has 1 saturated heterocycles. The number of furan rings is 1. The highest BCUT2D eigenvalue weighted by molar-refractivity contribution is 7.18. The number of benzene rings is 1. The van der Waals surface area contributed by atoms with Gasteiger partial charge in [0.25, 0.3) is 5.91 Å². The van der Waals surface area contributed by atoms with Gasteiger partial charge in [0, 0.05) is 18.3 Å². The summed E-state index contributed by atoms with van der Waals surface area (Å²) in [7, 11) is 1.87. The van der Waals surface area contributed by atoms with Crippen LogP contribution in [0.5, 0.6) is 0 Å². The Morgan fingerprint density at radius 1 is 1.23 bits per heavy atom. The van der Waals surface area contributed by atoms with Gasteiger partial charge in [0.2, 0.25) is 0 Å². The third-order valence-corrected chi connectivity index (χ3v) is 6.99. The molecule has 4 heterocycles. The van der Waals surface area contributed by atoms with Gasteiger partial charge in [0.1, 0.15) is 16.3 Å². The molecule has 1 aliphatic heterocycles. The quantitative estimate of drug-likeness (QED) is 0.469. The van der Waals surface area contributed by atoms with Crippen LogP contribution in [-0.4, -0.2) is 34.4 Å². The molecule has 6 nitrogen and oxygen atoms in total. The standard InChI is InChI=1S/C24H24N4O2S/c1-15(25-2)18-10-11-19(30-18)24(29)28-14-6-9-17(28)23-27-22-20(31-23)12-13-26-21(22)16-7-4-3-5-8-16/h3-5,7-8,10-13,15,17,25H,6,9,14H2,1-2H3/t15?,17-/m0/s1. The van der Waals surface area contributed by atoms with Crippen LogP contribution in [0, 0.1) is 0 Å². The van der Waals surface area contributed by atoms with Crippen molar-refractivity contribution >= 4 is 27.5 Å². The number of rotatable bonds is 5. The summed E-state index contributed by atoms with van der Waals surface area (Å²) in [6.45, 7) is 2.71. The van der Waals surface area contributed by atoms with Gasteiger partial charge in [-0.2, -0.15) is 0 Å². The van der Waals surface area contributed by atoms with Gasteiger partial charge in [-0.25, -0.2) is 4.98 Å². The van der Waals surface area contributed by atoms with Crippen molar-refractivity contribution in [2.75, 3.05) is 13.6 Å². The van der Waals surface area contributed by atoms with E-state index in [1.807, 2.05) is 67.5 Å². The summed E-state index contributed by atoms with van der Waals surface area (Å²) in [5, 5.41) is 4.10. The normalized spacial score (nSPS) is 17.4. The van der Waals surface area contributed by atoms with Crippen molar-refractivity contribution in [3.8, 4) is 11.3 Å². The number of aromatic nitrogens is 2. The molecule has 5 rings (SSSR count). The smallest absolute Gasteiger partial charge is 0.290 e. The van der Waals surface area contributed by atoms with Crippen LogP contribution >= 0.6 is 11.3 Å². The summed E-state index contributed by atoms with van der Waals surface area (Å²) < 4.78 is 6.94. The zero-order valence-electron chi connectivity index (χ0n) is 17.5. The highest BCUT2D eigenvalue weighted by Crippen LogP contribution is 2.39. The number of carbonyl (C=O) groups excluding carboxylic acids is 1. The fourth-order valence-corrected chi connectivity index (χ4v) is 5.18. The van der Waals surface area contributed by atoms with E-state index in [1.165, 1.54) is 0 Å². The van der Waals surface area contributed by atoms with Crippen LogP contribution < -0.4 is 5.32 Å². The fourth-order valence-electron chi connectivity index (χ4n) is 4.07. The monoisotopic (exact) mass is 432 g/mol. The molecule has 2 atom stereocenters. The molecule has 31 heavy (non-hydrogen) atoms. The highest BCUT2D eigenvalue weighted by Gasteiger charge is 2.34. The van der Waals surface area contributed by atoms with Crippen molar-refractivity contribution in [2.24, 2.45) is 0 Å². The summed E-state index contributed by atoms with van der Waals surface area (Å²) in [5.74, 6) is 1.08. The first-order valence-corrected chi connectivity index (χ1v) is 11.4. The van der Waals surface area contributed by atoms with Crippen LogP contribution in [-0.2, 0) is 0 Å². The van der Waals surface area contributed by atoms with E-state index in [9.17, 15) is 4.79 Å². The minimum atomic E-state index is -0.0716. The average Bonchev–Trinajstić information content (AvgIpc) is 3.57. The molecule has 1 aliphatic rings. The number of hydrogen-bond donors (Lipinski definition) is 1. The largest absolute Gasteiger partial charge is 0.454 e. The summed E-state index contributed by atoms with van der Waals surface area (Å²) in [6, 6.07) is 15.8. The minimum Gasteiger partial charge on any atom is -0.454 e. The third-order valence-electron chi connectivity index (χ3n) is 5.87. The Morgan fingerprint density at radius 2 is 2.06 bits per heavy atom. The van der Waals surface area contributed by atoms with E-state index in [4.69, 9.17) is 9.40 Å². The van der Waals surface area contributed by atoms with Gasteiger partial charge in [0.15, 0.2) is 5.76 Å². The summed E-state index contributed by atoms with van der Waals surface area (Å²) in [6.07, 6.45) is 3.69. The minimum absolute atomic E-state index is 0.0382. The van der Waals surface area contributed by atoms with Crippen LogP contribution in [0.4, 0.5) is 0 Å². The molecule has 1 N–H and O–H groups in total. The lowest BCUT2D eigenvalue weighted by Gasteiger charge is -2.22. The number of amides is 1. The van der Waals surface area contributed by atoms with Crippen LogP contribution in [0.2, 0.25) is 0 Å². The third kappa shape index (κ3) is 3.64. The first-order chi connectivity index (χ1) is 15.2. The molecule has 1 amide bonds. The predicted molar refractivity (Wildman–Crippen MR) is 122 cm³/mol. The van der Waals surface area contributed by atoms with Crippen molar-refractivity contribution in [1.29, 1.82) is 0 Å². The van der Waals surface area contributed by atoms with Crippen molar-refractivity contribution < 1.29 is 9.21 Å². The second-order valence-electron chi connectivity index (χ2n) is 7.79. The first kappa shape index (κ1) is 19.9. The van der Waals surface area contributed by atoms with Gasteiger partial charge < -0.3 is 14.6 Å². The lowest BCUT2D eigenvalue weighted by Crippen LogP contribution is -2.30. The van der Waals surface area contributed by atoms with Crippen molar-refractivity contribution in [3.63, 3.8) is 0 Å². The topological polar surface area (TPSA) is 71.3 Å². The van der Waals surface area contributed by atoms with E-state index in [0.717, 1.165) is 45.1 Å². The zero-order chi connectivity index (χ0) is 21.4. The zero-order valence-corrected chi connectivity index (χ0v) is 18.4. The van der Waals surface area contributed by atoms with Gasteiger partial charge in [-0.05, 0) is 45.0 Å². The molecule has 1 fully saturated rings. The first-order valence-electron chi connectivity index (χ1n) is 10.5. The van der Waals surface area contributed by atoms with Crippen LogP contribution in [0.25, 0.3) is 21.5 Å². The summed E-state index contributed by atoms with van der Waals surface area (Å²) >= 11 is 1.65. The lowest BCUT2D eigenvalue weighted by atomic mass is 10.1. The number of carbonyl (C=O) groups is 1. The molecule has 4 aromatic rings. The van der Waals surface area contributed by atoms with Crippen molar-refractivity contribution in [3.05, 3.63) is 71.3 Å². The Kier molecular flexibility index (Phi) is 5.29. The van der Waals surface area contributed by atoms with E-state index in [2.05, 4.69) is 10.3 Å². The van der Waals surface area contributed by atoms with Gasteiger partial charge >= 0.3 is 0 Å². The number of hydrogen-bond acceptors (Lipinski definition) is 6. The lowest BCUT2D eigenvalue weighted by molar-refractivity contribution is 0.0700. The molecule has 3 aromatic heterocycles. The summed E-state index contributed by atoms with van der Waals surface area (Å²) in [5.41, 5.74) is 2.83. The Balaban J connectivity index is 1.47. The van der Waals surface area contributed by atoms with Crippen molar-refractivity contribution in [1.82, 2.24) is 20.2 Å². The van der Waals surface area contributed by atoms with Gasteiger partial charge in [-0.1, -0.05) is 30.3 Å². The molecule has 0 saturated carbocycles. The molecular weight excluding hydrogens is 408 g/mol. The van der Waals surface area contributed by atoms with Gasteiger partial charge in [-0.15, -0.1) is 11.3 Å². The molecule has 0 radical (unpaired) electrons. The average molecular weight is 433 g/mol. The van der Waals surface area contributed by atoms with Crippen LogP contribution in [0.1, 0.15) is 53.2 Å². The SMILES string of the molecule is CNC(C)c1ccc(C(=O)N2CCC[C@H]2c2nc3c(-c4ccccc4)nccc3s2)o1. The molecule has 158 valence electrons. The molecule has 7 heteroatoms. The maximum atomic E-state index is 13.2. The predicted octanol–water partition coefficient (Wildman–Crippen LogP) is 5.21. The number of thiazole rings is 1. The Hall–Kier alpha value is -3.03. The molecule has 0 aliphatic carbocycles. The second kappa shape index (κ2) is 8.24. The summed E-state index contributed by atoms with van der Waals surface area (Å²) in [4.78, 5) is 24.7. The highest BCUT2D eigenvalue weighted by atomic mass is 32.1. The van der Waals surface area contributed by atoms with Gasteiger partial charge in [0.05, 0.1) is 22.5 Å². The number of nitrogens with zero attached hydrogens (tertiary/aromatic N) is 3.